The van der Waals surface area contributed by atoms with Crippen molar-refractivity contribution in [2.45, 2.75) is 34.6 Å². The second-order valence-corrected chi connectivity index (χ2v) is 5.69. The van der Waals surface area contributed by atoms with Crippen LogP contribution in [0.1, 0.15) is 33.3 Å². The number of nitrogens with one attached hydrogen (secondary N) is 1. The number of rotatable bonds is 1. The van der Waals surface area contributed by atoms with E-state index in [0.717, 1.165) is 23.6 Å². The number of nitrogen functional groups attached to an aromatic ring is 1. The Kier molecular flexibility index (Phi) is 30.8. The highest BCUT2D eigenvalue weighted by Crippen LogP contribution is 2.31. The number of carbonyl (C=O) groups excluding carboxylic acids is 4. The molecule has 2 aromatic carbocycles. The van der Waals surface area contributed by atoms with E-state index in [1.807, 2.05) is 104 Å². The molecule has 1 heterocycles. The van der Waals surface area contributed by atoms with Crippen LogP contribution in [0.2, 0.25) is 0 Å². The van der Waals surface area contributed by atoms with Gasteiger partial charge in [0, 0.05) is 25.8 Å². The minimum atomic E-state index is -0.296. The summed E-state index contributed by atoms with van der Waals surface area (Å²) in [4.78, 5) is 40.1. The van der Waals surface area contributed by atoms with Crippen LogP contribution in [0, 0.1) is 6.92 Å². The van der Waals surface area contributed by atoms with Crippen molar-refractivity contribution >= 4 is 43.1 Å². The van der Waals surface area contributed by atoms with E-state index >= 15 is 0 Å². The summed E-state index contributed by atoms with van der Waals surface area (Å²) in [5.74, 6) is 0. The molecule has 0 saturated heterocycles. The zero-order valence-corrected chi connectivity index (χ0v) is 22.0. The minimum Gasteiger partial charge on any atom is -0.452 e. The van der Waals surface area contributed by atoms with Crippen molar-refractivity contribution in [2.75, 3.05) is 42.8 Å². The summed E-state index contributed by atoms with van der Waals surface area (Å²) in [6.07, 6.45) is -0.115. The van der Waals surface area contributed by atoms with Crippen LogP contribution in [0.25, 0.3) is 0 Å². The first-order chi connectivity index (χ1) is 16.9. The number of amides is 2. The predicted molar refractivity (Wildman–Crippen MR) is 143 cm³/mol. The molecule has 0 saturated carbocycles. The average molecular weight is 495 g/mol. The highest BCUT2D eigenvalue weighted by atomic mass is 16.5. The Morgan fingerprint density at radius 2 is 1.40 bits per heavy atom. The van der Waals surface area contributed by atoms with Gasteiger partial charge in [-0.1, -0.05) is 57.5 Å². The number of aryl methyl sites for hydroxylation is 1. The van der Waals surface area contributed by atoms with Gasteiger partial charge < -0.3 is 25.0 Å². The first-order valence-corrected chi connectivity index (χ1v) is 10.8. The number of hydrogen-bond donors (Lipinski definition) is 3. The molecule has 10 heteroatoms. The van der Waals surface area contributed by atoms with Crippen molar-refractivity contribution in [1.29, 1.82) is 0 Å². The van der Waals surface area contributed by atoms with E-state index in [1.54, 1.807) is 4.90 Å². The van der Waals surface area contributed by atoms with Gasteiger partial charge in [0.15, 0.2) is 0 Å². The van der Waals surface area contributed by atoms with Crippen LogP contribution in [0.5, 0.6) is 0 Å². The molecule has 4 N–H and O–H groups in total. The van der Waals surface area contributed by atoms with E-state index in [9.17, 15) is 4.79 Å². The standard InChI is InChI=1S/C11H14N2O2.C7H9N.2C2H6.CH3NO2.2CH2O/c1-12-7-8-13(11(14)15-2)10-6-4-3-5-9(10)12;1-6-2-4-7(8)5-3-6;2*1-2;3-1-2-4;2*1-2/h3-6H,7-8H2,1-2H3;2-5H,8H2,1H3;2*1-2H3;1,4H,(H,2,3);2*1H2. The number of hydrogen-bond acceptors (Lipinski definition) is 8. The quantitative estimate of drug-likeness (QED) is 0.233. The summed E-state index contributed by atoms with van der Waals surface area (Å²) in [5.41, 5.74) is 10.7. The number of anilines is 3. The van der Waals surface area contributed by atoms with E-state index in [4.69, 9.17) is 30.1 Å². The number of para-hydroxylation sites is 2. The maximum atomic E-state index is 11.5. The molecule has 10 nitrogen and oxygen atoms in total. The number of ether oxygens (including phenoxy) is 1. The lowest BCUT2D eigenvalue weighted by Crippen LogP contribution is -2.42. The zero-order valence-electron chi connectivity index (χ0n) is 22.0. The number of likely N-dealkylation sites (N-methyl/N-ethyl adjacent to an activating group) is 1. The summed E-state index contributed by atoms with van der Waals surface area (Å²) in [6, 6.07) is 15.6. The Morgan fingerprint density at radius 3 is 1.77 bits per heavy atom. The second-order valence-electron chi connectivity index (χ2n) is 5.69. The second kappa shape index (κ2) is 28.1. The smallest absolute Gasteiger partial charge is 0.414 e. The SMILES string of the molecule is C=O.C=O.CC.CC.COC(=O)N1CCN(C)c2ccccc21.Cc1ccc(N)cc1.O=CNO. The third-order valence-corrected chi connectivity index (χ3v) is 3.77. The molecule has 1 aliphatic rings. The van der Waals surface area contributed by atoms with E-state index in [-0.39, 0.29) is 12.5 Å². The Balaban J connectivity index is -0.000000204. The molecule has 0 bridgehead atoms. The number of nitrogens with zero attached hydrogens (tertiary/aromatic N) is 2. The number of fused-ring (bicyclic) bond motifs is 1. The van der Waals surface area contributed by atoms with Crippen LogP contribution in [0.3, 0.4) is 0 Å². The van der Waals surface area contributed by atoms with Crippen molar-refractivity contribution in [2.24, 2.45) is 0 Å². The van der Waals surface area contributed by atoms with Crippen LogP contribution in [-0.2, 0) is 19.1 Å². The van der Waals surface area contributed by atoms with Gasteiger partial charge in [-0.05, 0) is 31.2 Å². The Hall–Kier alpha value is -3.92. The fraction of sp³-hybridized carbons (Fsp3) is 0.360. The molecule has 198 valence electrons. The highest BCUT2D eigenvalue weighted by Gasteiger charge is 2.24. The Morgan fingerprint density at radius 1 is 0.971 bits per heavy atom. The van der Waals surface area contributed by atoms with Gasteiger partial charge in [-0.25, -0.2) is 10.3 Å². The lowest BCUT2D eigenvalue weighted by Gasteiger charge is -2.34. The third-order valence-electron chi connectivity index (χ3n) is 3.77. The fourth-order valence-electron chi connectivity index (χ4n) is 2.37. The molecule has 1 aliphatic heterocycles. The van der Waals surface area contributed by atoms with Gasteiger partial charge in [-0.2, -0.15) is 0 Å². The molecule has 0 atom stereocenters. The van der Waals surface area contributed by atoms with Crippen LogP contribution >= 0.6 is 0 Å². The lowest BCUT2D eigenvalue weighted by molar-refractivity contribution is -0.116. The van der Waals surface area contributed by atoms with E-state index in [2.05, 4.69) is 4.90 Å². The van der Waals surface area contributed by atoms with Gasteiger partial charge in [0.05, 0.1) is 18.5 Å². The van der Waals surface area contributed by atoms with Gasteiger partial charge in [-0.15, -0.1) is 0 Å². The molecule has 0 aliphatic carbocycles. The normalized spacial score (nSPS) is 9.60. The predicted octanol–water partition coefficient (Wildman–Crippen LogP) is 4.09. The molecule has 2 aromatic rings. The van der Waals surface area contributed by atoms with Crippen molar-refractivity contribution in [1.82, 2.24) is 5.48 Å². The molecule has 0 radical (unpaired) electrons. The number of benzene rings is 2. The number of carbonyl (C=O) groups is 4. The first kappa shape index (κ1) is 38.3. The maximum Gasteiger partial charge on any atom is 0.414 e. The minimum absolute atomic E-state index is 0.181. The summed E-state index contributed by atoms with van der Waals surface area (Å²) in [6.45, 7) is 15.5. The van der Waals surface area contributed by atoms with Crippen molar-refractivity contribution in [3.8, 4) is 0 Å². The molecule has 35 heavy (non-hydrogen) atoms. The molecule has 0 spiro atoms. The van der Waals surface area contributed by atoms with E-state index < -0.39 is 0 Å². The zero-order chi connectivity index (χ0) is 28.2. The summed E-state index contributed by atoms with van der Waals surface area (Å²) in [7, 11) is 3.43. The number of methoxy groups -OCH3 is 1. The summed E-state index contributed by atoms with van der Waals surface area (Å²) < 4.78 is 4.75. The van der Waals surface area contributed by atoms with Gasteiger partial charge >= 0.3 is 6.09 Å². The largest absolute Gasteiger partial charge is 0.452 e. The molecule has 0 fully saturated rings. The monoisotopic (exact) mass is 494 g/mol. The molecular formula is C25H42N4O6. The average Bonchev–Trinajstić information content (AvgIpc) is 2.95. The Bertz CT molecular complexity index is 737. The van der Waals surface area contributed by atoms with E-state index in [1.165, 1.54) is 18.2 Å². The van der Waals surface area contributed by atoms with Crippen LogP contribution in [-0.4, -0.2) is 58.5 Å². The highest BCUT2D eigenvalue weighted by molar-refractivity contribution is 5.93. The van der Waals surface area contributed by atoms with E-state index in [0.29, 0.717) is 6.54 Å². The maximum absolute atomic E-state index is 11.5. The first-order valence-electron chi connectivity index (χ1n) is 10.8. The van der Waals surface area contributed by atoms with Crippen LogP contribution in [0.15, 0.2) is 48.5 Å². The van der Waals surface area contributed by atoms with Gasteiger partial charge in [0.25, 0.3) is 0 Å². The number of hydroxylamine groups is 1. The molecular weight excluding hydrogens is 452 g/mol. The summed E-state index contributed by atoms with van der Waals surface area (Å²) >= 11 is 0. The summed E-state index contributed by atoms with van der Waals surface area (Å²) in [5, 5.41) is 7.26. The molecule has 2 amide bonds. The van der Waals surface area contributed by atoms with Crippen molar-refractivity contribution in [3.05, 3.63) is 54.1 Å². The molecule has 3 rings (SSSR count). The van der Waals surface area contributed by atoms with Crippen LogP contribution < -0.4 is 21.0 Å². The molecule has 0 unspecified atom stereocenters. The van der Waals surface area contributed by atoms with Gasteiger partial charge in [0.1, 0.15) is 13.6 Å². The fourth-order valence-corrected chi connectivity index (χ4v) is 2.37. The Labute approximate surface area is 209 Å². The number of nitrogens with two attached hydrogens (primary N) is 1. The third kappa shape index (κ3) is 17.3. The van der Waals surface area contributed by atoms with Gasteiger partial charge in [0.2, 0.25) is 6.41 Å². The van der Waals surface area contributed by atoms with Crippen LogP contribution in [0.4, 0.5) is 21.9 Å². The van der Waals surface area contributed by atoms with Gasteiger partial charge in [-0.3, -0.25) is 14.9 Å². The lowest BCUT2D eigenvalue weighted by atomic mass is 10.2. The van der Waals surface area contributed by atoms with Crippen molar-refractivity contribution in [3.63, 3.8) is 0 Å². The molecule has 0 aromatic heterocycles. The topological polar surface area (TPSA) is 142 Å². The van der Waals surface area contributed by atoms with Crippen molar-refractivity contribution < 1.29 is 29.1 Å².